The van der Waals surface area contributed by atoms with Crippen LogP contribution in [0.3, 0.4) is 0 Å². The number of nitrogens with zero attached hydrogens (tertiary/aromatic N) is 2. The fourth-order valence-corrected chi connectivity index (χ4v) is 1.85. The number of aliphatic hydroxyl groups excluding tert-OH is 1. The Labute approximate surface area is 109 Å². The first-order valence-electron chi connectivity index (χ1n) is 6.43. The smallest absolute Gasteiger partial charge is 0.0606 e. The molecule has 0 unspecified atom stereocenters. The van der Waals surface area contributed by atoms with Crippen LogP contribution in [0.5, 0.6) is 0 Å². The highest BCUT2D eigenvalue weighted by Crippen LogP contribution is 2.18. The van der Waals surface area contributed by atoms with Crippen molar-refractivity contribution in [2.24, 2.45) is 0 Å². The van der Waals surface area contributed by atoms with Crippen LogP contribution in [0.1, 0.15) is 18.9 Å². The van der Waals surface area contributed by atoms with Crippen molar-refractivity contribution in [3.8, 4) is 0 Å². The molecule has 0 saturated carbocycles. The minimum absolute atomic E-state index is 0.137. The molecule has 0 spiro atoms. The Morgan fingerprint density at radius 3 is 3.06 bits per heavy atom. The van der Waals surface area contributed by atoms with Gasteiger partial charge in [-0.1, -0.05) is 13.0 Å². The van der Waals surface area contributed by atoms with Crippen molar-refractivity contribution in [1.29, 1.82) is 0 Å². The van der Waals surface area contributed by atoms with Gasteiger partial charge in [-0.05, 0) is 19.0 Å². The lowest BCUT2D eigenvalue weighted by molar-refractivity contribution is 0.303. The number of hydrogen-bond acceptors (Lipinski definition) is 4. The molecule has 0 aliphatic carbocycles. The van der Waals surface area contributed by atoms with Gasteiger partial charge in [0, 0.05) is 43.3 Å². The molecule has 0 radical (unpaired) electrons. The minimum Gasteiger partial charge on any atom is -0.395 e. The summed E-state index contributed by atoms with van der Waals surface area (Å²) in [6, 6.07) is 1.99. The highest BCUT2D eigenvalue weighted by atomic mass is 16.3. The van der Waals surface area contributed by atoms with Gasteiger partial charge in [0.25, 0.3) is 0 Å². The van der Waals surface area contributed by atoms with Crippen molar-refractivity contribution >= 4 is 5.69 Å². The van der Waals surface area contributed by atoms with Crippen LogP contribution in [0.2, 0.25) is 0 Å². The fraction of sp³-hybridized carbons (Fsp3) is 0.500. The van der Waals surface area contributed by atoms with E-state index < -0.39 is 0 Å². The van der Waals surface area contributed by atoms with E-state index in [2.05, 4.69) is 28.7 Å². The second-order valence-corrected chi connectivity index (χ2v) is 4.14. The number of hydrogen-bond donors (Lipinski definition) is 2. The van der Waals surface area contributed by atoms with Crippen LogP contribution >= 0.6 is 0 Å². The van der Waals surface area contributed by atoms with E-state index in [-0.39, 0.29) is 6.61 Å². The second-order valence-electron chi connectivity index (χ2n) is 4.14. The third-order valence-electron chi connectivity index (χ3n) is 2.68. The number of anilines is 1. The number of pyridine rings is 1. The lowest BCUT2D eigenvalue weighted by Crippen LogP contribution is -2.28. The van der Waals surface area contributed by atoms with E-state index in [4.69, 9.17) is 5.11 Å². The van der Waals surface area contributed by atoms with Crippen LogP contribution < -0.4 is 10.2 Å². The van der Waals surface area contributed by atoms with Crippen molar-refractivity contribution in [2.75, 3.05) is 31.1 Å². The van der Waals surface area contributed by atoms with Crippen LogP contribution in [0.15, 0.2) is 31.1 Å². The summed E-state index contributed by atoms with van der Waals surface area (Å²) in [6.45, 7) is 9.17. The number of aromatic nitrogens is 1. The van der Waals surface area contributed by atoms with Crippen LogP contribution in [-0.4, -0.2) is 36.3 Å². The first kappa shape index (κ1) is 14.7. The Hall–Kier alpha value is -1.39. The quantitative estimate of drug-likeness (QED) is 0.515. The van der Waals surface area contributed by atoms with Gasteiger partial charge < -0.3 is 15.3 Å². The maximum Gasteiger partial charge on any atom is 0.0606 e. The van der Waals surface area contributed by atoms with Gasteiger partial charge in [-0.3, -0.25) is 4.98 Å². The zero-order valence-electron chi connectivity index (χ0n) is 11.1. The Bertz CT molecular complexity index is 355. The van der Waals surface area contributed by atoms with Gasteiger partial charge in [0.2, 0.25) is 0 Å². The highest BCUT2D eigenvalue weighted by molar-refractivity contribution is 5.52. The summed E-state index contributed by atoms with van der Waals surface area (Å²) in [6.07, 6.45) is 6.62. The van der Waals surface area contributed by atoms with Crippen LogP contribution in [0, 0.1) is 0 Å². The van der Waals surface area contributed by atoms with Gasteiger partial charge >= 0.3 is 0 Å². The predicted octanol–water partition coefficient (Wildman–Crippen LogP) is 1.57. The van der Waals surface area contributed by atoms with Crippen molar-refractivity contribution in [2.45, 2.75) is 19.9 Å². The molecule has 0 aliphatic rings. The van der Waals surface area contributed by atoms with E-state index in [0.29, 0.717) is 6.54 Å². The second kappa shape index (κ2) is 8.66. The largest absolute Gasteiger partial charge is 0.395 e. The molecule has 0 atom stereocenters. The van der Waals surface area contributed by atoms with E-state index in [1.165, 1.54) is 0 Å². The minimum atomic E-state index is 0.137. The third-order valence-corrected chi connectivity index (χ3v) is 2.68. The standard InChI is InChI=1S/C14H23N3O/c1-3-6-15-11-13-12-16-7-5-14(13)17(8-4-2)9-10-18/h4-5,7,12,15,18H,2-3,6,8-11H2,1H3. The van der Waals surface area contributed by atoms with Gasteiger partial charge in [-0.15, -0.1) is 6.58 Å². The molecule has 0 aromatic carbocycles. The van der Waals surface area contributed by atoms with Crippen LogP contribution in [0.25, 0.3) is 0 Å². The van der Waals surface area contributed by atoms with Crippen LogP contribution in [0.4, 0.5) is 5.69 Å². The molecular weight excluding hydrogens is 226 g/mol. The molecule has 100 valence electrons. The Balaban J connectivity index is 2.80. The summed E-state index contributed by atoms with van der Waals surface area (Å²) in [4.78, 5) is 6.28. The third kappa shape index (κ3) is 4.47. The zero-order chi connectivity index (χ0) is 13.2. The summed E-state index contributed by atoms with van der Waals surface area (Å²) in [5, 5.41) is 12.5. The van der Waals surface area contributed by atoms with Gasteiger partial charge in [0.05, 0.1) is 6.61 Å². The van der Waals surface area contributed by atoms with Crippen molar-refractivity contribution in [1.82, 2.24) is 10.3 Å². The predicted molar refractivity (Wildman–Crippen MR) is 75.7 cm³/mol. The molecule has 0 bridgehead atoms. The number of nitrogens with one attached hydrogen (secondary N) is 1. The monoisotopic (exact) mass is 249 g/mol. The normalized spacial score (nSPS) is 10.3. The summed E-state index contributed by atoms with van der Waals surface area (Å²) >= 11 is 0. The van der Waals surface area contributed by atoms with Gasteiger partial charge in [-0.25, -0.2) is 0 Å². The van der Waals surface area contributed by atoms with E-state index in [1.54, 1.807) is 6.20 Å². The summed E-state index contributed by atoms with van der Waals surface area (Å²) in [5.74, 6) is 0. The molecule has 1 rings (SSSR count). The lowest BCUT2D eigenvalue weighted by atomic mass is 10.2. The molecule has 1 aromatic rings. The molecular formula is C14H23N3O. The lowest BCUT2D eigenvalue weighted by Gasteiger charge is -2.25. The zero-order valence-corrected chi connectivity index (χ0v) is 11.1. The van der Waals surface area contributed by atoms with Crippen molar-refractivity contribution in [3.05, 3.63) is 36.7 Å². The molecule has 1 heterocycles. The Morgan fingerprint density at radius 1 is 1.56 bits per heavy atom. The van der Waals surface area contributed by atoms with Crippen molar-refractivity contribution in [3.63, 3.8) is 0 Å². The maximum atomic E-state index is 9.12. The molecule has 0 amide bonds. The van der Waals surface area contributed by atoms with Crippen LogP contribution in [-0.2, 0) is 6.54 Å². The summed E-state index contributed by atoms with van der Waals surface area (Å²) in [5.41, 5.74) is 2.27. The Morgan fingerprint density at radius 2 is 2.39 bits per heavy atom. The van der Waals surface area contributed by atoms with Crippen molar-refractivity contribution < 1.29 is 5.11 Å². The van der Waals surface area contributed by atoms with Gasteiger partial charge in [0.1, 0.15) is 0 Å². The van der Waals surface area contributed by atoms with Gasteiger partial charge in [-0.2, -0.15) is 0 Å². The fourth-order valence-electron chi connectivity index (χ4n) is 1.85. The average Bonchev–Trinajstić information content (AvgIpc) is 2.39. The van der Waals surface area contributed by atoms with E-state index >= 15 is 0 Å². The SMILES string of the molecule is C=CCN(CCO)c1ccncc1CNCCC. The van der Waals surface area contributed by atoms with Gasteiger partial charge in [0.15, 0.2) is 0 Å². The molecule has 2 N–H and O–H groups in total. The molecule has 4 nitrogen and oxygen atoms in total. The first-order chi connectivity index (χ1) is 8.83. The average molecular weight is 249 g/mol. The van der Waals surface area contributed by atoms with E-state index in [9.17, 15) is 0 Å². The number of rotatable bonds is 9. The molecule has 4 heteroatoms. The maximum absolute atomic E-state index is 9.12. The molecule has 18 heavy (non-hydrogen) atoms. The Kier molecular flexibility index (Phi) is 7.06. The summed E-state index contributed by atoms with van der Waals surface area (Å²) in [7, 11) is 0. The number of aliphatic hydroxyl groups is 1. The topological polar surface area (TPSA) is 48.4 Å². The van der Waals surface area contributed by atoms with E-state index in [0.717, 1.165) is 37.3 Å². The first-order valence-corrected chi connectivity index (χ1v) is 6.43. The highest BCUT2D eigenvalue weighted by Gasteiger charge is 2.09. The van der Waals surface area contributed by atoms with E-state index in [1.807, 2.05) is 18.3 Å². The molecule has 0 saturated heterocycles. The molecule has 0 aliphatic heterocycles. The summed E-state index contributed by atoms with van der Waals surface area (Å²) < 4.78 is 0. The molecule has 0 fully saturated rings. The molecule has 1 aromatic heterocycles.